The molecule has 0 saturated carbocycles. The number of hydrogen-bond acceptors (Lipinski definition) is 4. The molecule has 0 bridgehead atoms. The van der Waals surface area contributed by atoms with E-state index in [-0.39, 0.29) is 10.8 Å². The lowest BCUT2D eigenvalue weighted by Gasteiger charge is -2.24. The summed E-state index contributed by atoms with van der Waals surface area (Å²) in [5.74, 6) is -0.309. The van der Waals surface area contributed by atoms with Crippen LogP contribution in [0.15, 0.2) is 82.8 Å². The van der Waals surface area contributed by atoms with Crippen LogP contribution in [0.2, 0.25) is 10.0 Å². The minimum Gasteiger partial charge on any atom is -0.271 e. The third kappa shape index (κ3) is 6.35. The highest BCUT2D eigenvalue weighted by Crippen LogP contribution is 2.26. The molecule has 0 aromatic heterocycles. The van der Waals surface area contributed by atoms with Gasteiger partial charge in [0.15, 0.2) is 0 Å². The molecule has 3 aromatic carbocycles. The lowest BCUT2D eigenvalue weighted by molar-refractivity contribution is -0.119. The normalized spacial score (nSPS) is 11.7. The van der Waals surface area contributed by atoms with E-state index < -0.39 is 22.5 Å². The molecule has 0 heterocycles. The summed E-state index contributed by atoms with van der Waals surface area (Å²) in [6.45, 7) is 3.65. The number of nitrogens with zero attached hydrogens (tertiary/aromatic N) is 2. The zero-order valence-corrected chi connectivity index (χ0v) is 20.4. The Bertz CT molecular complexity index is 1250. The number of benzene rings is 3. The van der Waals surface area contributed by atoms with E-state index in [0.29, 0.717) is 21.3 Å². The van der Waals surface area contributed by atoms with Crippen molar-refractivity contribution in [2.45, 2.75) is 24.7 Å². The highest BCUT2D eigenvalue weighted by atomic mass is 35.5. The SMILES string of the molecule is CC(C)c1ccc(N(CC(=O)N/N=C\c2ccc(Cl)c(Cl)c2)S(=O)(=O)c2ccccc2)cc1. The van der Waals surface area contributed by atoms with Gasteiger partial charge in [-0.05, 0) is 53.4 Å². The highest BCUT2D eigenvalue weighted by molar-refractivity contribution is 7.92. The fourth-order valence-electron chi connectivity index (χ4n) is 3.00. The van der Waals surface area contributed by atoms with Crippen LogP contribution in [0.1, 0.15) is 30.9 Å². The van der Waals surface area contributed by atoms with Gasteiger partial charge in [-0.3, -0.25) is 9.10 Å². The topological polar surface area (TPSA) is 78.8 Å². The lowest BCUT2D eigenvalue weighted by Crippen LogP contribution is -2.39. The number of amides is 1. The van der Waals surface area contributed by atoms with Gasteiger partial charge >= 0.3 is 0 Å². The minimum absolute atomic E-state index is 0.0880. The van der Waals surface area contributed by atoms with Crippen molar-refractivity contribution in [1.82, 2.24) is 5.43 Å². The van der Waals surface area contributed by atoms with Crippen LogP contribution in [0.5, 0.6) is 0 Å². The van der Waals surface area contributed by atoms with Crippen LogP contribution >= 0.6 is 23.2 Å². The first kappa shape index (κ1) is 24.8. The first-order valence-corrected chi connectivity index (χ1v) is 12.3. The van der Waals surface area contributed by atoms with E-state index in [1.54, 1.807) is 48.5 Å². The van der Waals surface area contributed by atoms with Gasteiger partial charge < -0.3 is 0 Å². The Kier molecular flexibility index (Phi) is 8.13. The molecule has 1 amide bonds. The van der Waals surface area contributed by atoms with Crippen LogP contribution < -0.4 is 9.73 Å². The molecule has 33 heavy (non-hydrogen) atoms. The van der Waals surface area contributed by atoms with Gasteiger partial charge in [0, 0.05) is 0 Å². The second-order valence-corrected chi connectivity index (χ2v) is 10.2. The molecule has 3 aromatic rings. The van der Waals surface area contributed by atoms with Gasteiger partial charge in [0.05, 0.1) is 26.8 Å². The predicted octanol–water partition coefficient (Wildman–Crippen LogP) is 5.46. The fraction of sp³-hybridized carbons (Fsp3) is 0.167. The first-order chi connectivity index (χ1) is 15.7. The van der Waals surface area contributed by atoms with Crippen molar-refractivity contribution < 1.29 is 13.2 Å². The maximum absolute atomic E-state index is 13.3. The molecule has 172 valence electrons. The molecule has 0 spiro atoms. The summed E-state index contributed by atoms with van der Waals surface area (Å²) in [4.78, 5) is 12.7. The number of nitrogens with one attached hydrogen (secondary N) is 1. The molecular weight excluding hydrogens is 481 g/mol. The van der Waals surface area contributed by atoms with Crippen molar-refractivity contribution in [3.8, 4) is 0 Å². The summed E-state index contributed by atoms with van der Waals surface area (Å²) < 4.78 is 27.7. The van der Waals surface area contributed by atoms with Gasteiger partial charge in [0.25, 0.3) is 15.9 Å². The maximum Gasteiger partial charge on any atom is 0.264 e. The summed E-state index contributed by atoms with van der Waals surface area (Å²) in [5, 5.41) is 4.67. The van der Waals surface area contributed by atoms with E-state index in [0.717, 1.165) is 9.87 Å². The van der Waals surface area contributed by atoms with Gasteiger partial charge in [-0.15, -0.1) is 0 Å². The first-order valence-electron chi connectivity index (χ1n) is 10.1. The Morgan fingerprint density at radius 3 is 2.27 bits per heavy atom. The van der Waals surface area contributed by atoms with Crippen LogP contribution in [0.3, 0.4) is 0 Å². The summed E-state index contributed by atoms with van der Waals surface area (Å²) in [6.07, 6.45) is 1.40. The van der Waals surface area contributed by atoms with Gasteiger partial charge in [-0.1, -0.05) is 73.4 Å². The molecule has 0 unspecified atom stereocenters. The Hall–Kier alpha value is -2.87. The van der Waals surface area contributed by atoms with Crippen LogP contribution in [0.4, 0.5) is 5.69 Å². The van der Waals surface area contributed by atoms with Crippen molar-refractivity contribution in [3.63, 3.8) is 0 Å². The molecule has 0 aliphatic carbocycles. The second-order valence-electron chi connectivity index (χ2n) is 7.54. The molecule has 9 heteroatoms. The average Bonchev–Trinajstić information content (AvgIpc) is 2.80. The van der Waals surface area contributed by atoms with E-state index in [1.807, 2.05) is 26.0 Å². The third-order valence-electron chi connectivity index (χ3n) is 4.81. The number of hydrogen-bond donors (Lipinski definition) is 1. The fourth-order valence-corrected chi connectivity index (χ4v) is 4.75. The summed E-state index contributed by atoms with van der Waals surface area (Å²) >= 11 is 11.9. The summed E-state index contributed by atoms with van der Waals surface area (Å²) in [7, 11) is -3.98. The minimum atomic E-state index is -3.98. The smallest absolute Gasteiger partial charge is 0.264 e. The third-order valence-corrected chi connectivity index (χ3v) is 7.34. The van der Waals surface area contributed by atoms with Crippen LogP contribution in [0.25, 0.3) is 0 Å². The van der Waals surface area contributed by atoms with Crippen LogP contribution in [0, 0.1) is 0 Å². The number of halogens is 2. The van der Waals surface area contributed by atoms with E-state index in [4.69, 9.17) is 23.2 Å². The number of rotatable bonds is 8. The van der Waals surface area contributed by atoms with E-state index in [9.17, 15) is 13.2 Å². The number of anilines is 1. The standard InChI is InChI=1S/C24H23Cl2N3O3S/c1-17(2)19-9-11-20(12-10-19)29(33(31,32)21-6-4-3-5-7-21)16-24(30)28-27-15-18-8-13-22(25)23(26)14-18/h3-15,17H,16H2,1-2H3,(H,28,30)/b27-15-. The second kappa shape index (κ2) is 10.8. The van der Waals surface area contributed by atoms with E-state index in [1.165, 1.54) is 18.3 Å². The summed E-state index contributed by atoms with van der Waals surface area (Å²) in [5.41, 5.74) is 4.44. The van der Waals surface area contributed by atoms with Gasteiger partial charge in [-0.25, -0.2) is 13.8 Å². The van der Waals surface area contributed by atoms with Gasteiger partial charge in [-0.2, -0.15) is 5.10 Å². The Morgan fingerprint density at radius 2 is 1.67 bits per heavy atom. The lowest BCUT2D eigenvalue weighted by atomic mass is 10.0. The Morgan fingerprint density at radius 1 is 1.00 bits per heavy atom. The monoisotopic (exact) mass is 503 g/mol. The molecule has 0 aliphatic heterocycles. The van der Waals surface area contributed by atoms with Crippen LogP contribution in [-0.4, -0.2) is 27.1 Å². The number of sulfonamides is 1. The maximum atomic E-state index is 13.3. The van der Waals surface area contributed by atoms with Gasteiger partial charge in [0.1, 0.15) is 6.54 Å². The number of carbonyl (C=O) groups is 1. The molecule has 1 N–H and O–H groups in total. The zero-order valence-electron chi connectivity index (χ0n) is 18.1. The molecule has 6 nitrogen and oxygen atoms in total. The quantitative estimate of drug-likeness (QED) is 0.327. The average molecular weight is 504 g/mol. The molecule has 0 radical (unpaired) electrons. The van der Waals surface area contributed by atoms with Crippen molar-refractivity contribution >= 4 is 51.0 Å². The Balaban J connectivity index is 1.83. The highest BCUT2D eigenvalue weighted by Gasteiger charge is 2.27. The van der Waals surface area contributed by atoms with Crippen molar-refractivity contribution in [2.24, 2.45) is 5.10 Å². The molecular formula is C24H23Cl2N3O3S. The molecule has 0 atom stereocenters. The number of carbonyl (C=O) groups excluding carboxylic acids is 1. The molecule has 3 rings (SSSR count). The van der Waals surface area contributed by atoms with Gasteiger partial charge in [0.2, 0.25) is 0 Å². The van der Waals surface area contributed by atoms with Crippen molar-refractivity contribution in [3.05, 3.63) is 94.0 Å². The molecule has 0 aliphatic rings. The zero-order chi connectivity index (χ0) is 24.0. The number of hydrazone groups is 1. The van der Waals surface area contributed by atoms with E-state index in [2.05, 4.69) is 10.5 Å². The predicted molar refractivity (Wildman–Crippen MR) is 134 cm³/mol. The molecule has 0 saturated heterocycles. The molecule has 0 fully saturated rings. The van der Waals surface area contributed by atoms with Crippen LogP contribution in [-0.2, 0) is 14.8 Å². The summed E-state index contributed by atoms with van der Waals surface area (Å²) in [6, 6.07) is 20.0. The van der Waals surface area contributed by atoms with Crippen molar-refractivity contribution in [2.75, 3.05) is 10.8 Å². The van der Waals surface area contributed by atoms with Crippen molar-refractivity contribution in [1.29, 1.82) is 0 Å². The largest absolute Gasteiger partial charge is 0.271 e. The Labute approximate surface area is 203 Å². The van der Waals surface area contributed by atoms with E-state index >= 15 is 0 Å².